The van der Waals surface area contributed by atoms with Crippen LogP contribution >= 0.6 is 0 Å². The Balaban J connectivity index is 0. The van der Waals surface area contributed by atoms with Crippen LogP contribution in [0.25, 0.3) is 0 Å². The van der Waals surface area contributed by atoms with Gasteiger partial charge in [0.2, 0.25) is 0 Å². The molecule has 11 heavy (non-hydrogen) atoms. The third-order valence-corrected chi connectivity index (χ3v) is 1.41. The van der Waals surface area contributed by atoms with Gasteiger partial charge >= 0.3 is 0 Å². The fourth-order valence-corrected chi connectivity index (χ4v) is 1.11. The molecule has 0 aliphatic rings. The molecule has 0 bridgehead atoms. The van der Waals surface area contributed by atoms with Crippen molar-refractivity contribution >= 4 is 5.91 Å². The second-order valence-corrected chi connectivity index (χ2v) is 3.28. The van der Waals surface area contributed by atoms with E-state index in [1.165, 1.54) is 0 Å². The number of amides is 1. The van der Waals surface area contributed by atoms with Crippen LogP contribution in [0, 0.1) is 0 Å². The highest BCUT2D eigenvalue weighted by Crippen LogP contribution is 1.96. The first kappa shape index (κ1) is 13.3. The number of carbonyl (C=O) groups excluding carboxylic acids is 1. The van der Waals surface area contributed by atoms with Crippen LogP contribution in [-0.4, -0.2) is 37.6 Å². The summed E-state index contributed by atoms with van der Waals surface area (Å²) in [5, 5.41) is 0. The van der Waals surface area contributed by atoms with Gasteiger partial charge in [-0.1, -0.05) is 6.92 Å². The summed E-state index contributed by atoms with van der Waals surface area (Å²) in [5.41, 5.74) is 5.05. The van der Waals surface area contributed by atoms with Crippen LogP contribution < -0.4 is 18.1 Å². The molecule has 0 saturated heterocycles. The van der Waals surface area contributed by atoms with Gasteiger partial charge in [0.15, 0.2) is 6.54 Å². The molecule has 0 fully saturated rings. The Bertz CT molecular complexity index is 126. The summed E-state index contributed by atoms with van der Waals surface area (Å²) in [6, 6.07) is 0. The molecule has 0 atom stereocenters. The summed E-state index contributed by atoms with van der Waals surface area (Å²) in [5.74, 6) is -0.224. The van der Waals surface area contributed by atoms with E-state index >= 15 is 0 Å². The highest BCUT2D eigenvalue weighted by atomic mass is 35.5. The van der Waals surface area contributed by atoms with Gasteiger partial charge in [0.1, 0.15) is 0 Å². The lowest BCUT2D eigenvalue weighted by atomic mass is 10.3. The Morgan fingerprint density at radius 1 is 1.45 bits per heavy atom. The van der Waals surface area contributed by atoms with Gasteiger partial charge in [-0.15, -0.1) is 0 Å². The Labute approximate surface area is 74.6 Å². The molecule has 3 nitrogen and oxygen atoms in total. The Kier molecular flexibility index (Phi) is 6.52. The molecule has 0 heterocycles. The fourth-order valence-electron chi connectivity index (χ4n) is 1.11. The third-order valence-electron chi connectivity index (χ3n) is 1.41. The lowest BCUT2D eigenvalue weighted by Crippen LogP contribution is -3.00. The minimum absolute atomic E-state index is 0. The second kappa shape index (κ2) is 5.38. The Hall–Kier alpha value is -0.280. The number of quaternary nitrogens is 1. The highest BCUT2D eigenvalue weighted by molar-refractivity contribution is 5.74. The Morgan fingerprint density at radius 2 is 1.91 bits per heavy atom. The predicted molar refractivity (Wildman–Crippen MR) is 41.3 cm³/mol. The van der Waals surface area contributed by atoms with Crippen LogP contribution in [0.5, 0.6) is 0 Å². The SMILES string of the molecule is CCC[N+](C)(C)CC(N)=O.[Cl-]. The van der Waals surface area contributed by atoms with E-state index in [-0.39, 0.29) is 18.3 Å². The lowest BCUT2D eigenvalue weighted by Gasteiger charge is -2.27. The Morgan fingerprint density at radius 3 is 2.18 bits per heavy atom. The molecule has 0 unspecified atom stereocenters. The third kappa shape index (κ3) is 7.62. The lowest BCUT2D eigenvalue weighted by molar-refractivity contribution is -0.882. The molecule has 0 saturated carbocycles. The van der Waals surface area contributed by atoms with Crippen molar-refractivity contribution in [2.45, 2.75) is 13.3 Å². The number of rotatable bonds is 4. The zero-order valence-electron chi connectivity index (χ0n) is 7.43. The monoisotopic (exact) mass is 180 g/mol. The second-order valence-electron chi connectivity index (χ2n) is 3.28. The van der Waals surface area contributed by atoms with E-state index in [4.69, 9.17) is 5.73 Å². The predicted octanol–water partition coefficient (Wildman–Crippen LogP) is -3.04. The van der Waals surface area contributed by atoms with Crippen molar-refractivity contribution in [3.8, 4) is 0 Å². The fraction of sp³-hybridized carbons (Fsp3) is 0.857. The van der Waals surface area contributed by atoms with Gasteiger partial charge in [0.25, 0.3) is 5.91 Å². The van der Waals surface area contributed by atoms with Gasteiger partial charge in [-0.2, -0.15) is 0 Å². The highest BCUT2D eigenvalue weighted by Gasteiger charge is 2.15. The van der Waals surface area contributed by atoms with Crippen molar-refractivity contribution in [1.29, 1.82) is 0 Å². The zero-order valence-corrected chi connectivity index (χ0v) is 8.19. The molecule has 4 heteroatoms. The van der Waals surface area contributed by atoms with Crippen molar-refractivity contribution in [1.82, 2.24) is 0 Å². The number of hydrogen-bond donors (Lipinski definition) is 1. The number of carbonyl (C=O) groups is 1. The summed E-state index contributed by atoms with van der Waals surface area (Å²) >= 11 is 0. The molecule has 68 valence electrons. The van der Waals surface area contributed by atoms with Crippen LogP contribution in [0.2, 0.25) is 0 Å². The standard InChI is InChI=1S/C7H16N2O.ClH/c1-4-5-9(2,3)6-7(8)10;/h4-6H2,1-3H3,(H-,8,10);1H. The number of primary amides is 1. The molecule has 0 aliphatic heterocycles. The van der Waals surface area contributed by atoms with Crippen LogP contribution in [0.15, 0.2) is 0 Å². The van der Waals surface area contributed by atoms with Gasteiger partial charge in [0, 0.05) is 0 Å². The van der Waals surface area contributed by atoms with Crippen LogP contribution in [0.3, 0.4) is 0 Å². The number of halogens is 1. The van der Waals surface area contributed by atoms with Crippen molar-refractivity contribution in [3.63, 3.8) is 0 Å². The maximum atomic E-state index is 10.5. The molecule has 0 aromatic rings. The molecule has 0 radical (unpaired) electrons. The number of likely N-dealkylation sites (N-methyl/N-ethyl adjacent to an activating group) is 1. The molecule has 2 N–H and O–H groups in total. The molecule has 0 aromatic carbocycles. The molecule has 0 spiro atoms. The van der Waals surface area contributed by atoms with Crippen molar-refractivity contribution in [3.05, 3.63) is 0 Å². The topological polar surface area (TPSA) is 43.1 Å². The van der Waals surface area contributed by atoms with Crippen molar-refractivity contribution < 1.29 is 21.7 Å². The molecule has 1 amide bonds. The summed E-state index contributed by atoms with van der Waals surface area (Å²) in [4.78, 5) is 10.5. The van der Waals surface area contributed by atoms with E-state index in [0.717, 1.165) is 13.0 Å². The normalized spacial score (nSPS) is 10.5. The number of nitrogens with two attached hydrogens (primary N) is 1. The average Bonchev–Trinajstić information content (AvgIpc) is 1.59. The van der Waals surface area contributed by atoms with Crippen LogP contribution in [0.4, 0.5) is 0 Å². The maximum Gasteiger partial charge on any atom is 0.272 e. The summed E-state index contributed by atoms with van der Waals surface area (Å²) in [7, 11) is 4.02. The van der Waals surface area contributed by atoms with Gasteiger partial charge in [-0.25, -0.2) is 0 Å². The van der Waals surface area contributed by atoms with Crippen molar-refractivity contribution in [2.24, 2.45) is 5.73 Å². The summed E-state index contributed by atoms with van der Waals surface area (Å²) in [6.07, 6.45) is 1.08. The molecular formula is C7H17ClN2O. The van der Waals surface area contributed by atoms with E-state index in [1.54, 1.807) is 0 Å². The zero-order chi connectivity index (χ0) is 8.20. The largest absolute Gasteiger partial charge is 1.00 e. The van der Waals surface area contributed by atoms with E-state index in [9.17, 15) is 4.79 Å². The van der Waals surface area contributed by atoms with Gasteiger partial charge in [-0.05, 0) is 6.42 Å². The van der Waals surface area contributed by atoms with E-state index < -0.39 is 0 Å². The number of hydrogen-bond acceptors (Lipinski definition) is 1. The molecule has 0 aromatic heterocycles. The molecule has 0 aliphatic carbocycles. The summed E-state index contributed by atoms with van der Waals surface area (Å²) < 4.78 is 0.700. The first-order valence-electron chi connectivity index (χ1n) is 3.58. The minimum atomic E-state index is -0.224. The average molecular weight is 181 g/mol. The van der Waals surface area contributed by atoms with Crippen molar-refractivity contribution in [2.75, 3.05) is 27.2 Å². The summed E-state index contributed by atoms with van der Waals surface area (Å²) in [6.45, 7) is 3.54. The first-order valence-corrected chi connectivity index (χ1v) is 3.58. The quantitative estimate of drug-likeness (QED) is 0.460. The number of nitrogens with zero attached hydrogens (tertiary/aromatic N) is 1. The molecule has 0 rings (SSSR count). The molecular weight excluding hydrogens is 164 g/mol. The first-order chi connectivity index (χ1) is 4.48. The smallest absolute Gasteiger partial charge is 0.272 e. The maximum absolute atomic E-state index is 10.5. The van der Waals surface area contributed by atoms with Gasteiger partial charge < -0.3 is 22.6 Å². The van der Waals surface area contributed by atoms with Crippen LogP contribution in [-0.2, 0) is 4.79 Å². The van der Waals surface area contributed by atoms with E-state index in [2.05, 4.69) is 6.92 Å². The van der Waals surface area contributed by atoms with Crippen LogP contribution in [0.1, 0.15) is 13.3 Å². The van der Waals surface area contributed by atoms with Gasteiger partial charge in [-0.3, -0.25) is 4.79 Å². The van der Waals surface area contributed by atoms with E-state index in [0.29, 0.717) is 11.0 Å². The minimum Gasteiger partial charge on any atom is -1.00 e. The van der Waals surface area contributed by atoms with Gasteiger partial charge in [0.05, 0.1) is 20.6 Å². The van der Waals surface area contributed by atoms with E-state index in [1.807, 2.05) is 14.1 Å².